The maximum Gasteiger partial charge on any atom is 0.256 e. The van der Waals surface area contributed by atoms with Crippen LogP contribution in [0.5, 0.6) is 23.0 Å². The first-order valence-electron chi connectivity index (χ1n) is 10.2. The molecule has 0 bridgehead atoms. The molecule has 1 amide bonds. The van der Waals surface area contributed by atoms with Gasteiger partial charge in [-0.1, -0.05) is 18.2 Å². The fourth-order valence-corrected chi connectivity index (χ4v) is 3.62. The average molecular weight is 444 g/mol. The fraction of sp³-hybridized carbons (Fsp3) is 0.154. The zero-order valence-corrected chi connectivity index (χ0v) is 18.8. The summed E-state index contributed by atoms with van der Waals surface area (Å²) in [5.74, 6) is 2.05. The van der Waals surface area contributed by atoms with Gasteiger partial charge in [0.2, 0.25) is 0 Å². The number of methoxy groups -OCH3 is 4. The third-order valence-corrected chi connectivity index (χ3v) is 5.28. The summed E-state index contributed by atoms with van der Waals surface area (Å²) < 4.78 is 21.4. The molecule has 33 heavy (non-hydrogen) atoms. The van der Waals surface area contributed by atoms with Crippen molar-refractivity contribution in [3.8, 4) is 34.3 Å². The third-order valence-electron chi connectivity index (χ3n) is 5.28. The average Bonchev–Trinajstić information content (AvgIpc) is 2.87. The van der Waals surface area contributed by atoms with E-state index in [-0.39, 0.29) is 5.91 Å². The fourth-order valence-electron chi connectivity index (χ4n) is 3.62. The predicted molar refractivity (Wildman–Crippen MR) is 128 cm³/mol. The number of para-hydroxylation sites is 1. The number of amides is 1. The molecule has 1 N–H and O–H groups in total. The van der Waals surface area contributed by atoms with Crippen molar-refractivity contribution < 1.29 is 23.7 Å². The SMILES string of the molecule is COc1ccc(NC(=O)c2cc(-c3ccc(OC)c(OC)c3)nc3ccccc23)cc1OC. The second-order valence-corrected chi connectivity index (χ2v) is 7.17. The number of nitrogens with zero attached hydrogens (tertiary/aromatic N) is 1. The molecule has 168 valence electrons. The summed E-state index contributed by atoms with van der Waals surface area (Å²) in [5.41, 5.74) is 3.25. The summed E-state index contributed by atoms with van der Waals surface area (Å²) >= 11 is 0. The number of rotatable bonds is 7. The molecule has 0 atom stereocenters. The van der Waals surface area contributed by atoms with Crippen LogP contribution in [0.3, 0.4) is 0 Å². The van der Waals surface area contributed by atoms with E-state index in [1.54, 1.807) is 52.7 Å². The molecule has 0 aliphatic heterocycles. The Balaban J connectivity index is 1.77. The van der Waals surface area contributed by atoms with E-state index in [1.165, 1.54) is 0 Å². The first kappa shape index (κ1) is 22.0. The summed E-state index contributed by atoms with van der Waals surface area (Å²) in [5, 5.41) is 3.70. The Labute approximate surface area is 191 Å². The molecule has 3 aromatic carbocycles. The number of ether oxygens (including phenoxy) is 4. The Hall–Kier alpha value is -4.26. The standard InChI is InChI=1S/C26H24N2O5/c1-30-22-11-9-16(13-24(22)32-3)21-15-19(18-7-5-6-8-20(18)28-21)26(29)27-17-10-12-23(31-2)25(14-17)33-4/h5-15H,1-4H3,(H,27,29). The first-order chi connectivity index (χ1) is 16.1. The van der Waals surface area contributed by atoms with Crippen LogP contribution in [0.2, 0.25) is 0 Å². The van der Waals surface area contributed by atoms with Gasteiger partial charge in [0.15, 0.2) is 23.0 Å². The molecule has 7 heteroatoms. The summed E-state index contributed by atoms with van der Waals surface area (Å²) in [7, 11) is 6.28. The molecule has 0 saturated carbocycles. The molecule has 0 unspecified atom stereocenters. The van der Waals surface area contributed by atoms with Crippen LogP contribution in [0.4, 0.5) is 5.69 Å². The summed E-state index contributed by atoms with van der Waals surface area (Å²) in [6.45, 7) is 0. The summed E-state index contributed by atoms with van der Waals surface area (Å²) in [6.07, 6.45) is 0. The Bertz CT molecular complexity index is 1320. The van der Waals surface area contributed by atoms with Gasteiger partial charge in [-0.05, 0) is 42.5 Å². The van der Waals surface area contributed by atoms with E-state index in [9.17, 15) is 4.79 Å². The van der Waals surface area contributed by atoms with Crippen LogP contribution in [0.1, 0.15) is 10.4 Å². The van der Waals surface area contributed by atoms with Gasteiger partial charge in [-0.25, -0.2) is 4.98 Å². The van der Waals surface area contributed by atoms with Crippen molar-refractivity contribution >= 4 is 22.5 Å². The highest BCUT2D eigenvalue weighted by atomic mass is 16.5. The van der Waals surface area contributed by atoms with Crippen LogP contribution in [-0.2, 0) is 0 Å². The number of carbonyl (C=O) groups is 1. The molecular weight excluding hydrogens is 420 g/mol. The number of pyridine rings is 1. The third kappa shape index (κ3) is 4.39. The molecule has 0 aliphatic carbocycles. The van der Waals surface area contributed by atoms with Crippen LogP contribution in [0.15, 0.2) is 66.7 Å². The number of nitrogens with one attached hydrogen (secondary N) is 1. The van der Waals surface area contributed by atoms with E-state index in [2.05, 4.69) is 5.32 Å². The maximum absolute atomic E-state index is 13.3. The number of anilines is 1. The zero-order chi connectivity index (χ0) is 23.4. The highest BCUT2D eigenvalue weighted by Crippen LogP contribution is 2.34. The molecule has 4 aromatic rings. The van der Waals surface area contributed by atoms with E-state index >= 15 is 0 Å². The smallest absolute Gasteiger partial charge is 0.256 e. The van der Waals surface area contributed by atoms with Crippen molar-refractivity contribution in [1.82, 2.24) is 4.98 Å². The lowest BCUT2D eigenvalue weighted by molar-refractivity contribution is 0.102. The van der Waals surface area contributed by atoms with Crippen LogP contribution in [-0.4, -0.2) is 39.3 Å². The van der Waals surface area contributed by atoms with Crippen molar-refractivity contribution in [3.63, 3.8) is 0 Å². The number of carbonyl (C=O) groups excluding carboxylic acids is 1. The Morgan fingerprint density at radius 3 is 2.06 bits per heavy atom. The van der Waals surface area contributed by atoms with E-state index in [0.717, 1.165) is 10.9 Å². The Morgan fingerprint density at radius 1 is 0.727 bits per heavy atom. The highest BCUT2D eigenvalue weighted by molar-refractivity contribution is 6.13. The van der Waals surface area contributed by atoms with Crippen LogP contribution in [0.25, 0.3) is 22.2 Å². The first-order valence-corrected chi connectivity index (χ1v) is 10.2. The zero-order valence-electron chi connectivity index (χ0n) is 18.8. The summed E-state index contributed by atoms with van der Waals surface area (Å²) in [6, 6.07) is 20.1. The van der Waals surface area contributed by atoms with Gasteiger partial charge >= 0.3 is 0 Å². The monoisotopic (exact) mass is 444 g/mol. The molecule has 7 nitrogen and oxygen atoms in total. The maximum atomic E-state index is 13.3. The molecule has 0 saturated heterocycles. The minimum Gasteiger partial charge on any atom is -0.493 e. The second-order valence-electron chi connectivity index (χ2n) is 7.17. The molecule has 1 aromatic heterocycles. The van der Waals surface area contributed by atoms with Gasteiger partial charge in [0.05, 0.1) is 45.2 Å². The molecular formula is C26H24N2O5. The van der Waals surface area contributed by atoms with Gasteiger partial charge in [0, 0.05) is 22.7 Å². The molecule has 0 radical (unpaired) electrons. The number of benzene rings is 3. The van der Waals surface area contributed by atoms with Gasteiger partial charge in [0.1, 0.15) is 0 Å². The van der Waals surface area contributed by atoms with Gasteiger partial charge < -0.3 is 24.3 Å². The van der Waals surface area contributed by atoms with Crippen LogP contribution < -0.4 is 24.3 Å². The van der Waals surface area contributed by atoms with Gasteiger partial charge in [0.25, 0.3) is 5.91 Å². The van der Waals surface area contributed by atoms with Gasteiger partial charge in [-0.3, -0.25) is 4.79 Å². The van der Waals surface area contributed by atoms with Crippen molar-refractivity contribution in [2.24, 2.45) is 0 Å². The molecule has 0 aliphatic rings. The van der Waals surface area contributed by atoms with E-state index in [1.807, 2.05) is 42.5 Å². The number of fused-ring (bicyclic) bond motifs is 1. The van der Waals surface area contributed by atoms with Crippen molar-refractivity contribution in [2.45, 2.75) is 0 Å². The Kier molecular flexibility index (Phi) is 6.31. The normalized spacial score (nSPS) is 10.5. The predicted octanol–water partition coefficient (Wildman–Crippen LogP) is 5.19. The lowest BCUT2D eigenvalue weighted by atomic mass is 10.0. The number of hydrogen-bond acceptors (Lipinski definition) is 6. The van der Waals surface area contributed by atoms with Crippen molar-refractivity contribution in [1.29, 1.82) is 0 Å². The van der Waals surface area contributed by atoms with Crippen LogP contribution >= 0.6 is 0 Å². The largest absolute Gasteiger partial charge is 0.493 e. The van der Waals surface area contributed by atoms with Crippen molar-refractivity contribution in [3.05, 3.63) is 72.3 Å². The molecule has 0 spiro atoms. The minimum absolute atomic E-state index is 0.262. The van der Waals surface area contributed by atoms with E-state index < -0.39 is 0 Å². The second kappa shape index (κ2) is 9.48. The van der Waals surface area contributed by atoms with Crippen molar-refractivity contribution in [2.75, 3.05) is 33.8 Å². The number of hydrogen-bond donors (Lipinski definition) is 1. The summed E-state index contributed by atoms with van der Waals surface area (Å²) in [4.78, 5) is 18.1. The molecule has 1 heterocycles. The quantitative estimate of drug-likeness (QED) is 0.423. The lowest BCUT2D eigenvalue weighted by Gasteiger charge is -2.13. The van der Waals surface area contributed by atoms with E-state index in [0.29, 0.717) is 45.5 Å². The Morgan fingerprint density at radius 2 is 1.36 bits per heavy atom. The molecule has 0 fully saturated rings. The lowest BCUT2D eigenvalue weighted by Crippen LogP contribution is -2.13. The van der Waals surface area contributed by atoms with Gasteiger partial charge in [-0.15, -0.1) is 0 Å². The highest BCUT2D eigenvalue weighted by Gasteiger charge is 2.16. The molecule has 4 rings (SSSR count). The van der Waals surface area contributed by atoms with Gasteiger partial charge in [-0.2, -0.15) is 0 Å². The topological polar surface area (TPSA) is 78.9 Å². The minimum atomic E-state index is -0.262. The van der Waals surface area contributed by atoms with Crippen LogP contribution in [0, 0.1) is 0 Å². The number of aromatic nitrogens is 1. The van der Waals surface area contributed by atoms with E-state index in [4.69, 9.17) is 23.9 Å².